The van der Waals surface area contributed by atoms with E-state index in [1.165, 1.54) is 6.92 Å². The molecule has 0 saturated carbocycles. The van der Waals surface area contributed by atoms with Gasteiger partial charge in [0.2, 0.25) is 5.91 Å². The number of para-hydroxylation sites is 1. The van der Waals surface area contributed by atoms with Crippen LogP contribution in [-0.2, 0) is 43.5 Å². The topological polar surface area (TPSA) is 150 Å². The molecule has 0 aliphatic rings. The average molecular weight is 640 g/mol. The van der Waals surface area contributed by atoms with Crippen molar-refractivity contribution in [3.8, 4) is 0 Å². The molecule has 0 spiro atoms. The Bertz CT molecular complexity index is 1660. The molecule has 11 nitrogen and oxygen atoms in total. The number of aromatic nitrogens is 1. The van der Waals surface area contributed by atoms with Gasteiger partial charge in [0.15, 0.2) is 0 Å². The molecule has 4 N–H and O–H groups in total. The van der Waals surface area contributed by atoms with Gasteiger partial charge in [-0.25, -0.2) is 4.79 Å². The number of carbonyl (C=O) groups is 5. The number of ether oxygens (including phenoxy) is 1. The summed E-state index contributed by atoms with van der Waals surface area (Å²) in [7, 11) is 0. The van der Waals surface area contributed by atoms with Gasteiger partial charge in [-0.15, -0.1) is 0 Å². The van der Waals surface area contributed by atoms with Crippen LogP contribution in [0.2, 0.25) is 0 Å². The first kappa shape index (κ1) is 34.4. The van der Waals surface area contributed by atoms with Crippen LogP contribution in [-0.4, -0.2) is 58.2 Å². The van der Waals surface area contributed by atoms with E-state index >= 15 is 0 Å². The van der Waals surface area contributed by atoms with Crippen molar-refractivity contribution < 1.29 is 28.7 Å². The number of imide groups is 1. The Hall–Kier alpha value is -5.45. The highest BCUT2D eigenvalue weighted by atomic mass is 16.5. The number of H-pyrrole nitrogens is 1. The van der Waals surface area contributed by atoms with Gasteiger partial charge in [-0.1, -0.05) is 98.6 Å². The Labute approximate surface area is 274 Å². The third-order valence-electron chi connectivity index (χ3n) is 7.64. The number of unbranched alkanes of at least 4 members (excludes halogenated alkanes) is 2. The highest BCUT2D eigenvalue weighted by Gasteiger charge is 2.34. The summed E-state index contributed by atoms with van der Waals surface area (Å²) in [5, 5.41) is 8.66. The second-order valence-electron chi connectivity index (χ2n) is 11.2. The molecule has 0 bridgehead atoms. The molecule has 1 aromatic heterocycles. The van der Waals surface area contributed by atoms with E-state index in [1.807, 2.05) is 79.7 Å². The lowest BCUT2D eigenvalue weighted by molar-refractivity contribution is -0.154. The van der Waals surface area contributed by atoms with Gasteiger partial charge in [-0.05, 0) is 36.1 Å². The van der Waals surface area contributed by atoms with Crippen molar-refractivity contribution >= 4 is 40.6 Å². The standard InChI is InChI=1S/C36H41N5O6/c1-3-4-13-20-41(35(45)33(43)38-22-26-14-7-5-8-15-26)34(44)31(21-28-23-37-30-19-12-11-18-29(28)30)40-32(42)25(2)39-36(46)47-24-27-16-9-6-10-17-27/h5-12,14-19,23,25,31,37H,3-4,13,20-22,24H2,1-2H3,(H,38,43)(H,39,46)(H,40,42)/t25-,31-/m0/s1. The number of hydrogen-bond donors (Lipinski definition) is 4. The number of hydrogen-bond acceptors (Lipinski definition) is 6. The van der Waals surface area contributed by atoms with Crippen LogP contribution < -0.4 is 16.0 Å². The zero-order valence-electron chi connectivity index (χ0n) is 26.7. The fourth-order valence-electron chi connectivity index (χ4n) is 5.02. The van der Waals surface area contributed by atoms with Crippen LogP contribution in [0.3, 0.4) is 0 Å². The number of alkyl carbamates (subject to hydrolysis) is 1. The predicted molar refractivity (Wildman–Crippen MR) is 178 cm³/mol. The molecule has 4 aromatic rings. The van der Waals surface area contributed by atoms with Gasteiger partial charge >= 0.3 is 17.9 Å². The van der Waals surface area contributed by atoms with Crippen molar-refractivity contribution in [1.82, 2.24) is 25.8 Å². The van der Waals surface area contributed by atoms with Crippen LogP contribution in [0.1, 0.15) is 49.8 Å². The summed E-state index contributed by atoms with van der Waals surface area (Å²) in [6.45, 7) is 3.59. The lowest BCUT2D eigenvalue weighted by atomic mass is 10.0. The van der Waals surface area contributed by atoms with Gasteiger partial charge in [0, 0.05) is 36.6 Å². The second kappa shape index (κ2) is 17.3. The summed E-state index contributed by atoms with van der Waals surface area (Å²) < 4.78 is 5.24. The number of amides is 5. The molecule has 0 aliphatic heterocycles. The fourth-order valence-corrected chi connectivity index (χ4v) is 5.02. The van der Waals surface area contributed by atoms with Gasteiger partial charge in [-0.3, -0.25) is 24.1 Å². The molecule has 246 valence electrons. The Morgan fingerprint density at radius 2 is 1.49 bits per heavy atom. The van der Waals surface area contributed by atoms with E-state index in [0.717, 1.165) is 45.3 Å². The average Bonchev–Trinajstić information content (AvgIpc) is 3.50. The minimum atomic E-state index is -1.22. The molecule has 5 amide bonds. The summed E-state index contributed by atoms with van der Waals surface area (Å²) in [6, 6.07) is 23.4. The van der Waals surface area contributed by atoms with Crippen LogP contribution in [0.5, 0.6) is 0 Å². The minimum absolute atomic E-state index is 0.00410. The number of aromatic amines is 1. The van der Waals surface area contributed by atoms with Crippen LogP contribution in [0.15, 0.2) is 91.1 Å². The molecule has 0 saturated heterocycles. The molecule has 2 atom stereocenters. The quantitative estimate of drug-likeness (QED) is 0.119. The molecule has 3 aromatic carbocycles. The second-order valence-corrected chi connectivity index (χ2v) is 11.2. The maximum Gasteiger partial charge on any atom is 0.408 e. The maximum absolute atomic E-state index is 14.1. The normalized spacial score (nSPS) is 12.0. The van der Waals surface area contributed by atoms with E-state index in [9.17, 15) is 24.0 Å². The molecule has 0 unspecified atom stereocenters. The largest absolute Gasteiger partial charge is 0.445 e. The number of nitrogens with zero attached hydrogens (tertiary/aromatic N) is 1. The molecule has 47 heavy (non-hydrogen) atoms. The zero-order chi connectivity index (χ0) is 33.6. The van der Waals surface area contributed by atoms with E-state index in [0.29, 0.717) is 6.42 Å². The first-order chi connectivity index (χ1) is 22.8. The molecule has 0 fully saturated rings. The molecule has 0 radical (unpaired) electrons. The Morgan fingerprint density at radius 3 is 2.19 bits per heavy atom. The van der Waals surface area contributed by atoms with Crippen molar-refractivity contribution in [2.75, 3.05) is 6.54 Å². The number of benzene rings is 3. The van der Waals surface area contributed by atoms with E-state index in [2.05, 4.69) is 20.9 Å². The van der Waals surface area contributed by atoms with Crippen molar-refractivity contribution in [2.45, 2.75) is 64.8 Å². The van der Waals surface area contributed by atoms with Crippen LogP contribution in [0.4, 0.5) is 4.79 Å². The van der Waals surface area contributed by atoms with Crippen molar-refractivity contribution in [1.29, 1.82) is 0 Å². The Balaban J connectivity index is 1.51. The molecule has 0 aliphatic carbocycles. The summed E-state index contributed by atoms with van der Waals surface area (Å²) in [4.78, 5) is 70.6. The molecule has 1 heterocycles. The highest BCUT2D eigenvalue weighted by Crippen LogP contribution is 2.20. The summed E-state index contributed by atoms with van der Waals surface area (Å²) >= 11 is 0. The minimum Gasteiger partial charge on any atom is -0.445 e. The van der Waals surface area contributed by atoms with Gasteiger partial charge in [0.25, 0.3) is 5.91 Å². The lowest BCUT2D eigenvalue weighted by Crippen LogP contribution is -2.57. The van der Waals surface area contributed by atoms with E-state index in [-0.39, 0.29) is 26.1 Å². The van der Waals surface area contributed by atoms with Crippen molar-refractivity contribution in [2.24, 2.45) is 0 Å². The third-order valence-corrected chi connectivity index (χ3v) is 7.64. The Kier molecular flexibility index (Phi) is 12.7. The molecule has 11 heteroatoms. The van der Waals surface area contributed by atoms with E-state index < -0.39 is 41.8 Å². The van der Waals surface area contributed by atoms with Crippen molar-refractivity contribution in [3.63, 3.8) is 0 Å². The van der Waals surface area contributed by atoms with E-state index in [4.69, 9.17) is 4.74 Å². The van der Waals surface area contributed by atoms with Gasteiger partial charge in [0.05, 0.1) is 0 Å². The van der Waals surface area contributed by atoms with Crippen LogP contribution >= 0.6 is 0 Å². The number of fused-ring (bicyclic) bond motifs is 1. The highest BCUT2D eigenvalue weighted by molar-refractivity contribution is 6.37. The third kappa shape index (κ3) is 10.0. The predicted octanol–water partition coefficient (Wildman–Crippen LogP) is 4.37. The number of rotatable bonds is 14. The maximum atomic E-state index is 14.1. The van der Waals surface area contributed by atoms with Crippen molar-refractivity contribution in [3.05, 3.63) is 108 Å². The fraction of sp³-hybridized carbons (Fsp3) is 0.306. The first-order valence-electron chi connectivity index (χ1n) is 15.8. The van der Waals surface area contributed by atoms with Gasteiger partial charge in [-0.2, -0.15) is 0 Å². The first-order valence-corrected chi connectivity index (χ1v) is 15.8. The van der Waals surface area contributed by atoms with Crippen LogP contribution in [0.25, 0.3) is 10.9 Å². The van der Waals surface area contributed by atoms with Gasteiger partial charge in [0.1, 0.15) is 18.7 Å². The summed E-state index contributed by atoms with van der Waals surface area (Å²) in [5.41, 5.74) is 3.15. The van der Waals surface area contributed by atoms with Crippen LogP contribution in [0, 0.1) is 0 Å². The van der Waals surface area contributed by atoms with Gasteiger partial charge < -0.3 is 25.7 Å². The van der Waals surface area contributed by atoms with E-state index in [1.54, 1.807) is 18.3 Å². The SMILES string of the molecule is CCCCCN(C(=O)C(=O)NCc1ccccc1)C(=O)[C@H](Cc1c[nH]c2ccccc12)NC(=O)[C@H](C)NC(=O)OCc1ccccc1. The summed E-state index contributed by atoms with van der Waals surface area (Å²) in [5.74, 6) is -3.31. The lowest BCUT2D eigenvalue weighted by Gasteiger charge is -2.27. The molecular weight excluding hydrogens is 598 g/mol. The monoisotopic (exact) mass is 639 g/mol. The zero-order valence-corrected chi connectivity index (χ0v) is 26.7. The molecule has 4 rings (SSSR count). The number of nitrogens with one attached hydrogen (secondary N) is 4. The Morgan fingerprint density at radius 1 is 0.830 bits per heavy atom. The number of carbonyl (C=O) groups excluding carboxylic acids is 5. The molecular formula is C36H41N5O6. The summed E-state index contributed by atoms with van der Waals surface area (Å²) in [6.07, 6.45) is 3.02. The smallest absolute Gasteiger partial charge is 0.408 e.